The Labute approximate surface area is 96.2 Å². The first kappa shape index (κ1) is 14.7. The lowest BCUT2D eigenvalue weighted by Crippen LogP contribution is -2.41. The van der Waals surface area contributed by atoms with Gasteiger partial charge in [0.2, 0.25) is 0 Å². The smallest absolute Gasteiger partial charge is 0.407 e. The molecule has 0 saturated carbocycles. The van der Waals surface area contributed by atoms with Crippen molar-refractivity contribution in [3.63, 3.8) is 0 Å². The van der Waals surface area contributed by atoms with Crippen molar-refractivity contribution in [2.24, 2.45) is 5.92 Å². The first-order valence-corrected chi connectivity index (χ1v) is 5.33. The molecule has 2 N–H and O–H groups in total. The van der Waals surface area contributed by atoms with E-state index in [1.807, 2.05) is 0 Å². The average molecular weight is 231 g/mol. The second-order valence-electron chi connectivity index (χ2n) is 5.01. The minimum absolute atomic E-state index is 0.0248. The zero-order chi connectivity index (χ0) is 12.9. The molecule has 0 aromatic rings. The molecule has 0 aromatic heterocycles. The molecule has 94 valence electrons. The van der Waals surface area contributed by atoms with Gasteiger partial charge >= 0.3 is 12.1 Å². The summed E-state index contributed by atoms with van der Waals surface area (Å²) in [7, 11) is 0. The van der Waals surface area contributed by atoms with Crippen LogP contribution < -0.4 is 5.32 Å². The van der Waals surface area contributed by atoms with Gasteiger partial charge in [-0.25, -0.2) is 4.79 Å². The highest BCUT2D eigenvalue weighted by Gasteiger charge is 2.21. The number of carboxylic acid groups (broad SMARTS) is 1. The molecule has 0 rings (SSSR count). The predicted molar refractivity (Wildman–Crippen MR) is 60.2 cm³/mol. The van der Waals surface area contributed by atoms with Crippen molar-refractivity contribution in [3.8, 4) is 0 Å². The fourth-order valence-corrected chi connectivity index (χ4v) is 1.09. The topological polar surface area (TPSA) is 75.6 Å². The number of carbonyl (C=O) groups excluding carboxylic acids is 1. The molecule has 5 nitrogen and oxygen atoms in total. The minimum atomic E-state index is -0.870. The van der Waals surface area contributed by atoms with Gasteiger partial charge in [-0.2, -0.15) is 0 Å². The molecule has 0 unspecified atom stereocenters. The number of hydrogen-bond acceptors (Lipinski definition) is 3. The summed E-state index contributed by atoms with van der Waals surface area (Å²) >= 11 is 0. The Kier molecular flexibility index (Phi) is 5.27. The monoisotopic (exact) mass is 231 g/mol. The molecular formula is C11H21NO4. The quantitative estimate of drug-likeness (QED) is 0.776. The third-order valence-electron chi connectivity index (χ3n) is 2.09. The Bertz CT molecular complexity index is 257. The number of amides is 1. The number of carboxylic acids is 1. The van der Waals surface area contributed by atoms with Gasteiger partial charge < -0.3 is 15.2 Å². The maximum absolute atomic E-state index is 11.4. The van der Waals surface area contributed by atoms with Crippen LogP contribution in [0.25, 0.3) is 0 Å². The van der Waals surface area contributed by atoms with E-state index in [-0.39, 0.29) is 18.4 Å². The van der Waals surface area contributed by atoms with Crippen LogP contribution in [0, 0.1) is 5.92 Å². The van der Waals surface area contributed by atoms with Gasteiger partial charge in [-0.15, -0.1) is 0 Å². The number of aliphatic carboxylic acids is 1. The van der Waals surface area contributed by atoms with Crippen LogP contribution >= 0.6 is 0 Å². The number of hydrogen-bond donors (Lipinski definition) is 2. The third kappa shape index (κ3) is 7.09. The molecule has 1 amide bonds. The van der Waals surface area contributed by atoms with Gasteiger partial charge in [0.05, 0.1) is 0 Å². The first-order chi connectivity index (χ1) is 7.11. The lowest BCUT2D eigenvalue weighted by Gasteiger charge is -2.24. The second kappa shape index (κ2) is 5.72. The van der Waals surface area contributed by atoms with E-state index in [0.29, 0.717) is 0 Å². The largest absolute Gasteiger partial charge is 0.481 e. The van der Waals surface area contributed by atoms with Gasteiger partial charge in [0, 0.05) is 12.5 Å². The van der Waals surface area contributed by atoms with E-state index in [4.69, 9.17) is 9.84 Å². The highest BCUT2D eigenvalue weighted by molar-refractivity contribution is 5.69. The first-order valence-electron chi connectivity index (χ1n) is 5.33. The van der Waals surface area contributed by atoms with Crippen LogP contribution in [0.15, 0.2) is 0 Å². The van der Waals surface area contributed by atoms with Crippen LogP contribution in [0.1, 0.15) is 41.0 Å². The zero-order valence-electron chi connectivity index (χ0n) is 10.5. The van der Waals surface area contributed by atoms with Crippen molar-refractivity contribution in [1.82, 2.24) is 5.32 Å². The summed E-state index contributed by atoms with van der Waals surface area (Å²) in [6, 6.07) is -0.231. The number of nitrogens with one attached hydrogen (secondary N) is 1. The molecule has 0 spiro atoms. The summed E-state index contributed by atoms with van der Waals surface area (Å²) in [6.07, 6.45) is -0.492. The van der Waals surface area contributed by atoms with Crippen LogP contribution in [0.4, 0.5) is 4.79 Å². The van der Waals surface area contributed by atoms with Gasteiger partial charge in [0.1, 0.15) is 5.60 Å². The Hall–Kier alpha value is -1.26. The highest BCUT2D eigenvalue weighted by Crippen LogP contribution is 2.10. The van der Waals surface area contributed by atoms with Crippen LogP contribution in [0.3, 0.4) is 0 Å². The fraction of sp³-hybridized carbons (Fsp3) is 0.818. The number of rotatable bonds is 4. The molecule has 0 heterocycles. The lowest BCUT2D eigenvalue weighted by molar-refractivity contribution is -0.138. The molecule has 2 atom stereocenters. The van der Waals surface area contributed by atoms with E-state index < -0.39 is 17.7 Å². The molecule has 0 aliphatic heterocycles. The van der Waals surface area contributed by atoms with E-state index >= 15 is 0 Å². The van der Waals surface area contributed by atoms with Crippen LogP contribution in [-0.4, -0.2) is 28.8 Å². The molecule has 0 aliphatic carbocycles. The SMILES string of the molecule is C[C@H](CC(=O)O)[C@@H](C)NC(=O)OC(C)(C)C. The lowest BCUT2D eigenvalue weighted by atomic mass is 10.0. The molecule has 5 heteroatoms. The molecular weight excluding hydrogens is 210 g/mol. The second-order valence-corrected chi connectivity index (χ2v) is 5.01. The molecule has 16 heavy (non-hydrogen) atoms. The third-order valence-corrected chi connectivity index (χ3v) is 2.09. The standard InChI is InChI=1S/C11H21NO4/c1-7(6-9(13)14)8(2)12-10(15)16-11(3,4)5/h7-8H,6H2,1-5H3,(H,12,15)(H,13,14)/t7-,8-/m1/s1. The predicted octanol–water partition coefficient (Wildman–Crippen LogP) is 2.01. The van der Waals surface area contributed by atoms with Crippen LogP contribution in [-0.2, 0) is 9.53 Å². The minimum Gasteiger partial charge on any atom is -0.481 e. The number of carbonyl (C=O) groups is 2. The summed E-state index contributed by atoms with van der Waals surface area (Å²) in [5.41, 5.74) is -0.542. The molecule has 0 aliphatic rings. The van der Waals surface area contributed by atoms with E-state index in [0.717, 1.165) is 0 Å². The van der Waals surface area contributed by atoms with E-state index in [9.17, 15) is 9.59 Å². The van der Waals surface area contributed by atoms with Gasteiger partial charge in [-0.3, -0.25) is 4.79 Å². The Morgan fingerprint density at radius 1 is 1.31 bits per heavy atom. The summed E-state index contributed by atoms with van der Waals surface area (Å²) in [4.78, 5) is 21.9. The molecule has 0 aromatic carbocycles. The van der Waals surface area contributed by atoms with Gasteiger partial charge in [0.25, 0.3) is 0 Å². The van der Waals surface area contributed by atoms with E-state index in [1.165, 1.54) is 0 Å². The molecule has 0 saturated heterocycles. The van der Waals surface area contributed by atoms with Crippen molar-refractivity contribution >= 4 is 12.1 Å². The molecule has 0 radical (unpaired) electrons. The summed E-state index contributed by atoms with van der Waals surface area (Å²) in [5, 5.41) is 11.2. The van der Waals surface area contributed by atoms with Gasteiger partial charge in [-0.05, 0) is 33.6 Å². The maximum atomic E-state index is 11.4. The highest BCUT2D eigenvalue weighted by atomic mass is 16.6. The van der Waals surface area contributed by atoms with Crippen molar-refractivity contribution < 1.29 is 19.4 Å². The fourth-order valence-electron chi connectivity index (χ4n) is 1.09. The maximum Gasteiger partial charge on any atom is 0.407 e. The summed E-state index contributed by atoms with van der Waals surface area (Å²) < 4.78 is 5.07. The molecule has 0 bridgehead atoms. The molecule has 0 fully saturated rings. The van der Waals surface area contributed by atoms with Crippen molar-refractivity contribution in [2.45, 2.75) is 52.7 Å². The van der Waals surface area contributed by atoms with Crippen LogP contribution in [0.2, 0.25) is 0 Å². The average Bonchev–Trinajstić information content (AvgIpc) is 1.98. The Morgan fingerprint density at radius 3 is 2.19 bits per heavy atom. The van der Waals surface area contributed by atoms with Crippen molar-refractivity contribution in [3.05, 3.63) is 0 Å². The van der Waals surface area contributed by atoms with Crippen LogP contribution in [0.5, 0.6) is 0 Å². The Balaban J connectivity index is 4.09. The number of alkyl carbamates (subject to hydrolysis) is 1. The summed E-state index contributed by atoms with van der Waals surface area (Å²) in [6.45, 7) is 8.86. The van der Waals surface area contributed by atoms with Gasteiger partial charge in [-0.1, -0.05) is 6.92 Å². The zero-order valence-corrected chi connectivity index (χ0v) is 10.5. The van der Waals surface area contributed by atoms with E-state index in [2.05, 4.69) is 5.32 Å². The summed E-state index contributed by atoms with van der Waals surface area (Å²) in [5.74, 6) is -1.00. The van der Waals surface area contributed by atoms with Gasteiger partial charge in [0.15, 0.2) is 0 Å². The Morgan fingerprint density at radius 2 is 1.81 bits per heavy atom. The normalized spacial score (nSPS) is 15.1. The van der Waals surface area contributed by atoms with Crippen molar-refractivity contribution in [2.75, 3.05) is 0 Å². The van der Waals surface area contributed by atoms with E-state index in [1.54, 1.807) is 34.6 Å². The number of ether oxygens (including phenoxy) is 1. The van der Waals surface area contributed by atoms with Crippen molar-refractivity contribution in [1.29, 1.82) is 0 Å².